The molecule has 0 radical (unpaired) electrons. The highest BCUT2D eigenvalue weighted by molar-refractivity contribution is 5.96. The van der Waals surface area contributed by atoms with Gasteiger partial charge in [0.05, 0.1) is 13.2 Å². The first kappa shape index (κ1) is 24.6. The Morgan fingerprint density at radius 1 is 0.909 bits per heavy atom. The van der Waals surface area contributed by atoms with Gasteiger partial charge in [-0.3, -0.25) is 9.59 Å². The van der Waals surface area contributed by atoms with Crippen LogP contribution >= 0.6 is 0 Å². The van der Waals surface area contributed by atoms with Crippen molar-refractivity contribution in [3.8, 4) is 5.75 Å². The Balaban J connectivity index is 1.43. The Morgan fingerprint density at radius 3 is 2.39 bits per heavy atom. The van der Waals surface area contributed by atoms with E-state index in [0.29, 0.717) is 17.9 Å². The van der Waals surface area contributed by atoms with E-state index < -0.39 is 0 Å². The highest BCUT2D eigenvalue weighted by atomic mass is 16.5. The Morgan fingerprint density at radius 2 is 1.67 bits per heavy atom. The summed E-state index contributed by atoms with van der Waals surface area (Å²) in [5.74, 6) is 0.734. The van der Waals surface area contributed by atoms with Gasteiger partial charge in [-0.25, -0.2) is 0 Å². The molecule has 6 heteroatoms. The second-order valence-electron chi connectivity index (χ2n) is 8.62. The van der Waals surface area contributed by atoms with Crippen LogP contribution in [0.25, 0.3) is 0 Å². The number of nitrogens with one attached hydrogen (secondary N) is 2. The van der Waals surface area contributed by atoms with Crippen molar-refractivity contribution in [2.75, 3.05) is 36.9 Å². The third-order valence-corrected chi connectivity index (χ3v) is 5.86. The molecule has 2 N–H and O–H groups in total. The van der Waals surface area contributed by atoms with Crippen LogP contribution in [0.1, 0.15) is 68.6 Å². The van der Waals surface area contributed by atoms with E-state index in [1.807, 2.05) is 29.2 Å². The van der Waals surface area contributed by atoms with Gasteiger partial charge in [-0.15, -0.1) is 0 Å². The molecule has 1 aliphatic heterocycles. The zero-order valence-corrected chi connectivity index (χ0v) is 19.8. The van der Waals surface area contributed by atoms with Gasteiger partial charge >= 0.3 is 0 Å². The molecule has 33 heavy (non-hydrogen) atoms. The fourth-order valence-corrected chi connectivity index (χ4v) is 3.95. The molecule has 0 aromatic heterocycles. The average molecular weight is 452 g/mol. The molecule has 0 atom stereocenters. The van der Waals surface area contributed by atoms with Crippen molar-refractivity contribution in [1.29, 1.82) is 0 Å². The lowest BCUT2D eigenvalue weighted by Gasteiger charge is -2.20. The van der Waals surface area contributed by atoms with Crippen molar-refractivity contribution in [1.82, 2.24) is 4.90 Å². The van der Waals surface area contributed by atoms with Gasteiger partial charge in [-0.05, 0) is 55.7 Å². The molecule has 0 bridgehead atoms. The first-order valence-corrected chi connectivity index (χ1v) is 12.3. The van der Waals surface area contributed by atoms with Crippen LogP contribution in [0, 0.1) is 0 Å². The van der Waals surface area contributed by atoms with Crippen molar-refractivity contribution < 1.29 is 14.3 Å². The molecule has 2 amide bonds. The molecular weight excluding hydrogens is 414 g/mol. The fraction of sp³-hybridized carbons (Fsp3) is 0.481. The summed E-state index contributed by atoms with van der Waals surface area (Å²) in [5.41, 5.74) is 2.19. The third kappa shape index (κ3) is 8.44. The number of amides is 2. The van der Waals surface area contributed by atoms with Crippen molar-refractivity contribution in [2.45, 2.75) is 58.3 Å². The van der Waals surface area contributed by atoms with Gasteiger partial charge in [0, 0.05) is 36.1 Å². The molecule has 1 heterocycles. The quantitative estimate of drug-likeness (QED) is 0.429. The van der Waals surface area contributed by atoms with Gasteiger partial charge in [-0.1, -0.05) is 45.1 Å². The molecule has 3 rings (SSSR count). The maximum atomic E-state index is 12.7. The molecule has 0 saturated carbocycles. The van der Waals surface area contributed by atoms with Crippen LogP contribution in [0.3, 0.4) is 0 Å². The summed E-state index contributed by atoms with van der Waals surface area (Å²) in [6.07, 6.45) is 9.21. The van der Waals surface area contributed by atoms with Gasteiger partial charge < -0.3 is 20.3 Å². The first-order chi connectivity index (χ1) is 16.2. The molecule has 2 aromatic rings. The Labute approximate surface area is 197 Å². The molecular formula is C27H37N3O3. The summed E-state index contributed by atoms with van der Waals surface area (Å²) in [6, 6.07) is 14.8. The van der Waals surface area contributed by atoms with E-state index in [1.165, 1.54) is 32.1 Å². The van der Waals surface area contributed by atoms with Crippen molar-refractivity contribution in [2.24, 2.45) is 0 Å². The second-order valence-corrected chi connectivity index (χ2v) is 8.62. The summed E-state index contributed by atoms with van der Waals surface area (Å²) in [7, 11) is 0. The van der Waals surface area contributed by atoms with E-state index in [4.69, 9.17) is 4.74 Å². The topological polar surface area (TPSA) is 70.7 Å². The number of anilines is 2. The number of ether oxygens (including phenoxy) is 1. The second kappa shape index (κ2) is 13.5. The van der Waals surface area contributed by atoms with Crippen LogP contribution in [0.15, 0.2) is 48.5 Å². The van der Waals surface area contributed by atoms with Crippen LogP contribution in [0.5, 0.6) is 5.75 Å². The number of likely N-dealkylation sites (tertiary alicyclic amines) is 1. The standard InChI is InChI=1S/C27H37N3O3/c1-2-3-4-9-19-33-25-12-10-11-24(20-25)28-21-26(31)29-23-15-13-22(14-16-23)27(32)30-17-7-5-6-8-18-30/h10-16,20,28H,2-9,17-19,21H2,1H3,(H,29,31). The predicted octanol–water partition coefficient (Wildman–Crippen LogP) is 5.71. The first-order valence-electron chi connectivity index (χ1n) is 12.3. The Kier molecular flexibility index (Phi) is 10.1. The summed E-state index contributed by atoms with van der Waals surface area (Å²) >= 11 is 0. The molecule has 6 nitrogen and oxygen atoms in total. The largest absolute Gasteiger partial charge is 0.494 e. The molecule has 0 spiro atoms. The lowest BCUT2D eigenvalue weighted by atomic mass is 10.1. The maximum Gasteiger partial charge on any atom is 0.253 e. The number of carbonyl (C=O) groups is 2. The number of unbranched alkanes of at least 4 members (excludes halogenated alkanes) is 3. The average Bonchev–Trinajstić information content (AvgIpc) is 3.13. The van der Waals surface area contributed by atoms with Crippen molar-refractivity contribution in [3.63, 3.8) is 0 Å². The maximum absolute atomic E-state index is 12.7. The summed E-state index contributed by atoms with van der Waals surface area (Å²) < 4.78 is 5.81. The van der Waals surface area contributed by atoms with E-state index in [9.17, 15) is 9.59 Å². The highest BCUT2D eigenvalue weighted by Crippen LogP contribution is 2.18. The molecule has 0 unspecified atom stereocenters. The van der Waals surface area contributed by atoms with Crippen molar-refractivity contribution >= 4 is 23.2 Å². The number of hydrogen-bond acceptors (Lipinski definition) is 4. The van der Waals surface area contributed by atoms with Gasteiger partial charge in [-0.2, -0.15) is 0 Å². The number of hydrogen-bond donors (Lipinski definition) is 2. The monoisotopic (exact) mass is 451 g/mol. The van der Waals surface area contributed by atoms with E-state index >= 15 is 0 Å². The van der Waals surface area contributed by atoms with Gasteiger partial charge in [0.15, 0.2) is 0 Å². The zero-order valence-electron chi connectivity index (χ0n) is 19.8. The Hall–Kier alpha value is -3.02. The normalized spacial score (nSPS) is 13.8. The fourth-order valence-electron chi connectivity index (χ4n) is 3.95. The summed E-state index contributed by atoms with van der Waals surface area (Å²) in [4.78, 5) is 27.0. The zero-order chi connectivity index (χ0) is 23.3. The van der Waals surface area contributed by atoms with Crippen molar-refractivity contribution in [3.05, 3.63) is 54.1 Å². The number of nitrogens with zero attached hydrogens (tertiary/aromatic N) is 1. The minimum Gasteiger partial charge on any atom is -0.494 e. The lowest BCUT2D eigenvalue weighted by molar-refractivity contribution is -0.114. The van der Waals surface area contributed by atoms with E-state index in [1.54, 1.807) is 24.3 Å². The van der Waals surface area contributed by atoms with Gasteiger partial charge in [0.25, 0.3) is 5.91 Å². The van der Waals surface area contributed by atoms with Crippen LogP contribution < -0.4 is 15.4 Å². The molecule has 1 aliphatic rings. The molecule has 178 valence electrons. The van der Waals surface area contributed by atoms with Gasteiger partial charge in [0.2, 0.25) is 5.91 Å². The van der Waals surface area contributed by atoms with E-state index in [-0.39, 0.29) is 18.4 Å². The van der Waals surface area contributed by atoms with Crippen LogP contribution in [0.2, 0.25) is 0 Å². The SMILES string of the molecule is CCCCCCOc1cccc(NCC(=O)Nc2ccc(C(=O)N3CCCCCC3)cc2)c1. The van der Waals surface area contributed by atoms with Crippen LogP contribution in [-0.4, -0.2) is 43.0 Å². The third-order valence-electron chi connectivity index (χ3n) is 5.86. The molecule has 1 fully saturated rings. The molecule has 1 saturated heterocycles. The predicted molar refractivity (Wildman–Crippen MR) is 134 cm³/mol. The van der Waals surface area contributed by atoms with Crippen LogP contribution in [-0.2, 0) is 4.79 Å². The van der Waals surface area contributed by atoms with Gasteiger partial charge in [0.1, 0.15) is 5.75 Å². The minimum atomic E-state index is -0.146. The molecule has 0 aliphatic carbocycles. The van der Waals surface area contributed by atoms with Crippen LogP contribution in [0.4, 0.5) is 11.4 Å². The van der Waals surface area contributed by atoms with E-state index in [0.717, 1.165) is 43.8 Å². The number of rotatable bonds is 11. The number of benzene rings is 2. The number of carbonyl (C=O) groups excluding carboxylic acids is 2. The summed E-state index contributed by atoms with van der Waals surface area (Å²) in [5, 5.41) is 6.02. The smallest absolute Gasteiger partial charge is 0.253 e. The highest BCUT2D eigenvalue weighted by Gasteiger charge is 2.17. The lowest BCUT2D eigenvalue weighted by Crippen LogP contribution is -2.31. The summed E-state index contributed by atoms with van der Waals surface area (Å²) in [6.45, 7) is 4.70. The molecule has 2 aromatic carbocycles. The van der Waals surface area contributed by atoms with E-state index in [2.05, 4.69) is 17.6 Å². The Bertz CT molecular complexity index is 874. The minimum absolute atomic E-state index is 0.0731.